The Labute approximate surface area is 121 Å². The number of rotatable bonds is 3. The Morgan fingerprint density at radius 3 is 3.10 bits per heavy atom. The zero-order valence-electron chi connectivity index (χ0n) is 11.3. The maximum atomic E-state index is 13.2. The van der Waals surface area contributed by atoms with E-state index >= 15 is 0 Å². The zero-order valence-corrected chi connectivity index (χ0v) is 11.3. The van der Waals surface area contributed by atoms with Crippen LogP contribution in [0.25, 0.3) is 0 Å². The van der Waals surface area contributed by atoms with Crippen LogP contribution in [-0.4, -0.2) is 16.5 Å². The summed E-state index contributed by atoms with van der Waals surface area (Å²) in [5.41, 5.74) is 8.24. The van der Waals surface area contributed by atoms with Crippen molar-refractivity contribution in [1.82, 2.24) is 15.4 Å². The van der Waals surface area contributed by atoms with Crippen molar-refractivity contribution in [2.45, 2.75) is 19.0 Å². The normalized spacial score (nSPS) is 18.6. The lowest BCUT2D eigenvalue weighted by Gasteiger charge is -2.20. The fraction of sp³-hybridized carbons (Fsp3) is 0.286. The van der Waals surface area contributed by atoms with Gasteiger partial charge in [-0.25, -0.2) is 9.82 Å². The molecule has 1 aromatic carbocycles. The molecule has 4 rings (SSSR count). The highest BCUT2D eigenvalue weighted by Crippen LogP contribution is 2.37. The summed E-state index contributed by atoms with van der Waals surface area (Å²) in [4.78, 5) is 8.95. The molecule has 3 heterocycles. The van der Waals surface area contributed by atoms with Gasteiger partial charge >= 0.3 is 0 Å². The van der Waals surface area contributed by atoms with E-state index in [1.807, 2.05) is 6.07 Å². The molecule has 1 aromatic heterocycles. The van der Waals surface area contributed by atoms with Crippen molar-refractivity contribution in [2.24, 2.45) is 0 Å². The number of hydrogen-bond donors (Lipinski definition) is 4. The molecule has 0 aliphatic carbocycles. The van der Waals surface area contributed by atoms with Gasteiger partial charge in [0.25, 0.3) is 0 Å². The number of nitrogens with zero attached hydrogens (tertiary/aromatic N) is 2. The van der Waals surface area contributed by atoms with Crippen LogP contribution >= 0.6 is 0 Å². The van der Waals surface area contributed by atoms with Crippen molar-refractivity contribution < 1.29 is 4.39 Å². The standard InChI is InChI=1S/C14H15FN6/c15-9-3-1-2-8(6-9)7-17-14-18-12-11-10(4-5-16-12)20-21-13(11)19-14/h1-3,6,10,20H,4-5,7H2,(H3,16,17,18,19,21). The second-order valence-electron chi connectivity index (χ2n) is 5.18. The molecule has 0 amide bonds. The van der Waals surface area contributed by atoms with Crippen LogP contribution in [0.1, 0.15) is 23.6 Å². The summed E-state index contributed by atoms with van der Waals surface area (Å²) in [6, 6.07) is 6.75. The first-order valence-electron chi connectivity index (χ1n) is 6.95. The molecule has 1 atom stereocenters. The molecule has 0 bridgehead atoms. The van der Waals surface area contributed by atoms with E-state index in [1.54, 1.807) is 6.07 Å². The van der Waals surface area contributed by atoms with Crippen LogP contribution in [0.5, 0.6) is 0 Å². The van der Waals surface area contributed by atoms with Crippen LogP contribution in [0.4, 0.5) is 22.0 Å². The summed E-state index contributed by atoms with van der Waals surface area (Å²) in [7, 11) is 0. The molecular formula is C14H15FN6. The highest BCUT2D eigenvalue weighted by molar-refractivity contribution is 5.66. The van der Waals surface area contributed by atoms with Gasteiger partial charge in [-0.3, -0.25) is 0 Å². The van der Waals surface area contributed by atoms with E-state index < -0.39 is 0 Å². The SMILES string of the molecule is Fc1cccc(CNc2nc3c4c(n2)NNC4CCN3)c1. The molecule has 0 radical (unpaired) electrons. The molecule has 2 aliphatic rings. The number of halogens is 1. The average Bonchev–Trinajstić information content (AvgIpc) is 2.90. The molecule has 7 heteroatoms. The minimum absolute atomic E-state index is 0.241. The van der Waals surface area contributed by atoms with Crippen LogP contribution in [-0.2, 0) is 6.54 Å². The van der Waals surface area contributed by atoms with Gasteiger partial charge in [0.05, 0.1) is 11.6 Å². The molecule has 2 aliphatic heterocycles. The van der Waals surface area contributed by atoms with Crippen LogP contribution in [0.15, 0.2) is 24.3 Å². The number of nitrogens with one attached hydrogen (secondary N) is 4. The number of benzene rings is 1. The first-order chi connectivity index (χ1) is 10.3. The molecule has 6 nitrogen and oxygen atoms in total. The summed E-state index contributed by atoms with van der Waals surface area (Å²) in [5.74, 6) is 1.95. The maximum absolute atomic E-state index is 13.2. The molecule has 0 spiro atoms. The maximum Gasteiger partial charge on any atom is 0.226 e. The van der Waals surface area contributed by atoms with Crippen molar-refractivity contribution in [1.29, 1.82) is 0 Å². The number of hydrazine groups is 1. The summed E-state index contributed by atoms with van der Waals surface area (Å²) in [5, 5.41) is 6.43. The largest absolute Gasteiger partial charge is 0.369 e. The predicted octanol–water partition coefficient (Wildman–Crippen LogP) is 2.01. The molecule has 2 aromatic rings. The van der Waals surface area contributed by atoms with E-state index in [0.29, 0.717) is 12.5 Å². The Morgan fingerprint density at radius 2 is 2.19 bits per heavy atom. The molecule has 0 saturated heterocycles. The lowest BCUT2D eigenvalue weighted by atomic mass is 10.0. The van der Waals surface area contributed by atoms with Gasteiger partial charge in [-0.15, -0.1) is 0 Å². The van der Waals surface area contributed by atoms with Crippen LogP contribution in [0.2, 0.25) is 0 Å². The number of hydrogen-bond acceptors (Lipinski definition) is 6. The van der Waals surface area contributed by atoms with Crippen molar-refractivity contribution in [3.63, 3.8) is 0 Å². The van der Waals surface area contributed by atoms with E-state index in [4.69, 9.17) is 0 Å². The van der Waals surface area contributed by atoms with E-state index in [-0.39, 0.29) is 11.9 Å². The predicted molar refractivity (Wildman–Crippen MR) is 78.4 cm³/mol. The summed E-state index contributed by atoms with van der Waals surface area (Å²) < 4.78 is 13.2. The second-order valence-corrected chi connectivity index (χ2v) is 5.18. The van der Waals surface area contributed by atoms with Gasteiger partial charge in [-0.2, -0.15) is 9.97 Å². The van der Waals surface area contributed by atoms with Crippen LogP contribution in [0.3, 0.4) is 0 Å². The Morgan fingerprint density at radius 1 is 1.29 bits per heavy atom. The van der Waals surface area contributed by atoms with Gasteiger partial charge in [0.1, 0.15) is 11.6 Å². The summed E-state index contributed by atoms with van der Waals surface area (Å²) in [6.07, 6.45) is 1.01. The molecule has 21 heavy (non-hydrogen) atoms. The minimum Gasteiger partial charge on any atom is -0.369 e. The smallest absolute Gasteiger partial charge is 0.226 e. The van der Waals surface area contributed by atoms with Gasteiger partial charge in [0.2, 0.25) is 5.95 Å². The topological polar surface area (TPSA) is 73.9 Å². The van der Waals surface area contributed by atoms with E-state index in [1.165, 1.54) is 12.1 Å². The summed E-state index contributed by atoms with van der Waals surface area (Å²) >= 11 is 0. The van der Waals surface area contributed by atoms with Crippen molar-refractivity contribution in [3.8, 4) is 0 Å². The van der Waals surface area contributed by atoms with Crippen molar-refractivity contribution in [3.05, 3.63) is 41.2 Å². The molecule has 0 fully saturated rings. The molecular weight excluding hydrogens is 271 g/mol. The number of aromatic nitrogens is 2. The first-order valence-corrected chi connectivity index (χ1v) is 6.95. The van der Waals surface area contributed by atoms with Crippen LogP contribution in [0, 0.1) is 5.82 Å². The van der Waals surface area contributed by atoms with Crippen molar-refractivity contribution in [2.75, 3.05) is 22.6 Å². The quantitative estimate of drug-likeness (QED) is 0.692. The average molecular weight is 286 g/mol. The lowest BCUT2D eigenvalue weighted by Crippen LogP contribution is -2.24. The molecule has 0 saturated carbocycles. The minimum atomic E-state index is -0.241. The third-order valence-corrected chi connectivity index (χ3v) is 3.72. The Hall–Kier alpha value is -2.41. The Balaban J connectivity index is 1.56. The third kappa shape index (κ3) is 2.25. The van der Waals surface area contributed by atoms with Crippen LogP contribution < -0.4 is 21.5 Å². The van der Waals surface area contributed by atoms with Crippen molar-refractivity contribution >= 4 is 17.6 Å². The zero-order chi connectivity index (χ0) is 14.2. The van der Waals surface area contributed by atoms with Gasteiger partial charge in [0.15, 0.2) is 5.82 Å². The third-order valence-electron chi connectivity index (χ3n) is 3.72. The fourth-order valence-electron chi connectivity index (χ4n) is 2.72. The molecule has 1 unspecified atom stereocenters. The van der Waals surface area contributed by atoms with E-state index in [0.717, 1.165) is 35.7 Å². The highest BCUT2D eigenvalue weighted by atomic mass is 19.1. The first kappa shape index (κ1) is 12.3. The Bertz CT molecular complexity index is 689. The summed E-state index contributed by atoms with van der Waals surface area (Å²) in [6.45, 7) is 1.36. The van der Waals surface area contributed by atoms with Gasteiger partial charge in [-0.05, 0) is 24.1 Å². The second kappa shape index (κ2) is 4.85. The van der Waals surface area contributed by atoms with Gasteiger partial charge < -0.3 is 16.1 Å². The van der Waals surface area contributed by atoms with Gasteiger partial charge in [-0.1, -0.05) is 12.1 Å². The van der Waals surface area contributed by atoms with E-state index in [9.17, 15) is 4.39 Å². The van der Waals surface area contributed by atoms with Gasteiger partial charge in [0, 0.05) is 13.1 Å². The molecule has 108 valence electrons. The van der Waals surface area contributed by atoms with E-state index in [2.05, 4.69) is 31.5 Å². The Kier molecular flexibility index (Phi) is 2.85. The highest BCUT2D eigenvalue weighted by Gasteiger charge is 2.30. The fourth-order valence-corrected chi connectivity index (χ4v) is 2.72. The number of anilines is 3. The monoisotopic (exact) mass is 286 g/mol. The lowest BCUT2D eigenvalue weighted by molar-refractivity contribution is 0.575. The molecule has 4 N–H and O–H groups in total.